The molecule has 0 radical (unpaired) electrons. The van der Waals surface area contributed by atoms with Crippen molar-refractivity contribution in [2.45, 2.75) is 51.2 Å². The molecule has 3 heterocycles. The Morgan fingerprint density at radius 3 is 2.52 bits per heavy atom. The highest BCUT2D eigenvalue weighted by molar-refractivity contribution is 5.82. The van der Waals surface area contributed by atoms with Crippen LogP contribution in [0.1, 0.15) is 45.3 Å². The lowest BCUT2D eigenvalue weighted by molar-refractivity contribution is -0.142. The fourth-order valence-electron chi connectivity index (χ4n) is 3.49. The van der Waals surface area contributed by atoms with E-state index in [0.717, 1.165) is 18.5 Å². The molecule has 0 aliphatic carbocycles. The van der Waals surface area contributed by atoms with Crippen molar-refractivity contribution in [2.75, 3.05) is 19.7 Å². The van der Waals surface area contributed by atoms with Crippen molar-refractivity contribution >= 4 is 5.91 Å². The molecule has 1 atom stereocenters. The summed E-state index contributed by atoms with van der Waals surface area (Å²) >= 11 is 0. The van der Waals surface area contributed by atoms with E-state index in [1.807, 2.05) is 40.0 Å². The molecule has 0 saturated carbocycles. The Bertz CT molecular complexity index is 819. The molecule has 1 fully saturated rings. The van der Waals surface area contributed by atoms with E-state index in [0.29, 0.717) is 24.6 Å². The molecular formula is C20H26N4O3. The number of para-hydroxylation sites is 2. The molecule has 27 heavy (non-hydrogen) atoms. The third kappa shape index (κ3) is 3.63. The molecule has 1 aromatic carbocycles. The van der Waals surface area contributed by atoms with Crippen LogP contribution in [0.4, 0.5) is 0 Å². The maximum Gasteiger partial charge on any atom is 0.267 e. The molecule has 1 saturated heterocycles. The van der Waals surface area contributed by atoms with E-state index in [4.69, 9.17) is 9.47 Å². The monoisotopic (exact) mass is 370 g/mol. The van der Waals surface area contributed by atoms with E-state index in [1.165, 1.54) is 0 Å². The Morgan fingerprint density at radius 2 is 1.85 bits per heavy atom. The Labute approximate surface area is 159 Å². The van der Waals surface area contributed by atoms with Crippen molar-refractivity contribution in [1.82, 2.24) is 19.9 Å². The Kier molecular flexibility index (Phi) is 4.53. The molecule has 7 nitrogen and oxygen atoms in total. The van der Waals surface area contributed by atoms with Gasteiger partial charge in [-0.1, -0.05) is 38.1 Å². The summed E-state index contributed by atoms with van der Waals surface area (Å²) in [5.41, 5.74) is 0.983. The fraction of sp³-hybridized carbons (Fsp3) is 0.550. The number of piperidine rings is 1. The molecule has 7 heteroatoms. The van der Waals surface area contributed by atoms with Crippen molar-refractivity contribution in [2.24, 2.45) is 0 Å². The van der Waals surface area contributed by atoms with Crippen LogP contribution in [0.5, 0.6) is 11.5 Å². The van der Waals surface area contributed by atoms with Gasteiger partial charge in [-0.15, -0.1) is 5.10 Å². The van der Waals surface area contributed by atoms with E-state index in [2.05, 4.69) is 31.1 Å². The molecule has 1 amide bonds. The van der Waals surface area contributed by atoms with Crippen LogP contribution in [0.15, 0.2) is 30.5 Å². The lowest BCUT2D eigenvalue weighted by Crippen LogP contribution is -2.49. The minimum absolute atomic E-state index is 0.00285. The number of likely N-dealkylation sites (tertiary alicyclic amines) is 1. The summed E-state index contributed by atoms with van der Waals surface area (Å²) in [5.74, 6) is 1.33. The molecule has 144 valence electrons. The van der Waals surface area contributed by atoms with Gasteiger partial charge >= 0.3 is 0 Å². The number of aromatic nitrogens is 3. The van der Waals surface area contributed by atoms with Crippen LogP contribution >= 0.6 is 0 Å². The lowest BCUT2D eigenvalue weighted by Gasteiger charge is -2.35. The average Bonchev–Trinajstić information content (AvgIpc) is 3.18. The molecule has 2 aliphatic rings. The van der Waals surface area contributed by atoms with Crippen molar-refractivity contribution < 1.29 is 14.3 Å². The highest BCUT2D eigenvalue weighted by atomic mass is 16.6. The third-order valence-electron chi connectivity index (χ3n) is 5.21. The van der Waals surface area contributed by atoms with Gasteiger partial charge in [-0.05, 0) is 25.0 Å². The standard InChI is InChI=1S/C20H26N4O3/c1-20(2,3)18-12-24(22-21-18)14-8-10-23(11-9-14)19(25)17-13-26-15-6-4-5-7-16(15)27-17/h4-7,12,14,17H,8-11,13H2,1-3H3. The number of ether oxygens (including phenoxy) is 2. The number of carbonyl (C=O) groups excluding carboxylic acids is 1. The molecule has 1 unspecified atom stereocenters. The maximum atomic E-state index is 12.8. The first-order valence-electron chi connectivity index (χ1n) is 9.51. The van der Waals surface area contributed by atoms with Gasteiger partial charge in [-0.3, -0.25) is 4.79 Å². The Hall–Kier alpha value is -2.57. The number of fused-ring (bicyclic) bond motifs is 1. The number of rotatable bonds is 2. The highest BCUT2D eigenvalue weighted by Gasteiger charge is 2.33. The maximum absolute atomic E-state index is 12.8. The number of hydrogen-bond donors (Lipinski definition) is 0. The number of hydrogen-bond acceptors (Lipinski definition) is 5. The van der Waals surface area contributed by atoms with Crippen molar-refractivity contribution in [1.29, 1.82) is 0 Å². The first-order chi connectivity index (χ1) is 12.9. The first kappa shape index (κ1) is 17.8. The normalized spacial score (nSPS) is 20.6. The predicted octanol–water partition coefficient (Wildman–Crippen LogP) is 2.58. The zero-order valence-electron chi connectivity index (χ0n) is 16.1. The molecule has 0 spiro atoms. The summed E-state index contributed by atoms with van der Waals surface area (Å²) in [7, 11) is 0. The molecule has 4 rings (SSSR count). The number of amides is 1. The Morgan fingerprint density at radius 1 is 1.15 bits per heavy atom. The highest BCUT2D eigenvalue weighted by Crippen LogP contribution is 2.32. The van der Waals surface area contributed by atoms with E-state index in [1.54, 1.807) is 0 Å². The summed E-state index contributed by atoms with van der Waals surface area (Å²) in [5, 5.41) is 8.62. The van der Waals surface area contributed by atoms with Crippen LogP contribution in [0.25, 0.3) is 0 Å². The van der Waals surface area contributed by atoms with E-state index < -0.39 is 6.10 Å². The van der Waals surface area contributed by atoms with Gasteiger partial charge in [0.05, 0.1) is 11.7 Å². The largest absolute Gasteiger partial charge is 0.485 e. The predicted molar refractivity (Wildman–Crippen MR) is 99.9 cm³/mol. The van der Waals surface area contributed by atoms with Gasteiger partial charge in [0.2, 0.25) is 6.10 Å². The summed E-state index contributed by atoms with van der Waals surface area (Å²) in [6.07, 6.45) is 3.19. The van der Waals surface area contributed by atoms with Crippen LogP contribution in [-0.2, 0) is 10.2 Å². The molecule has 0 bridgehead atoms. The van der Waals surface area contributed by atoms with E-state index in [9.17, 15) is 4.79 Å². The smallest absolute Gasteiger partial charge is 0.267 e. The summed E-state index contributed by atoms with van der Waals surface area (Å²) in [6, 6.07) is 7.74. The fourth-order valence-corrected chi connectivity index (χ4v) is 3.49. The number of benzene rings is 1. The van der Waals surface area contributed by atoms with Gasteiger partial charge < -0.3 is 14.4 Å². The molecule has 2 aromatic rings. The lowest BCUT2D eigenvalue weighted by atomic mass is 9.93. The molecular weight excluding hydrogens is 344 g/mol. The molecule has 2 aliphatic heterocycles. The zero-order valence-corrected chi connectivity index (χ0v) is 16.1. The summed E-state index contributed by atoms with van der Waals surface area (Å²) in [4.78, 5) is 14.7. The minimum atomic E-state index is -0.574. The van der Waals surface area contributed by atoms with Crippen LogP contribution in [0, 0.1) is 0 Å². The topological polar surface area (TPSA) is 69.5 Å². The van der Waals surface area contributed by atoms with Crippen molar-refractivity contribution in [3.63, 3.8) is 0 Å². The van der Waals surface area contributed by atoms with Gasteiger partial charge in [-0.25, -0.2) is 4.68 Å². The van der Waals surface area contributed by atoms with Crippen molar-refractivity contribution in [3.8, 4) is 11.5 Å². The van der Waals surface area contributed by atoms with Gasteiger partial charge in [-0.2, -0.15) is 0 Å². The van der Waals surface area contributed by atoms with Crippen LogP contribution < -0.4 is 9.47 Å². The van der Waals surface area contributed by atoms with Gasteiger partial charge in [0.1, 0.15) is 6.61 Å². The number of carbonyl (C=O) groups is 1. The van der Waals surface area contributed by atoms with Crippen LogP contribution in [0.3, 0.4) is 0 Å². The van der Waals surface area contributed by atoms with E-state index >= 15 is 0 Å². The third-order valence-corrected chi connectivity index (χ3v) is 5.21. The van der Waals surface area contributed by atoms with Crippen molar-refractivity contribution in [3.05, 3.63) is 36.2 Å². The van der Waals surface area contributed by atoms with Gasteiger partial charge in [0.25, 0.3) is 5.91 Å². The molecule has 0 N–H and O–H groups in total. The van der Waals surface area contributed by atoms with Gasteiger partial charge in [0, 0.05) is 24.7 Å². The van der Waals surface area contributed by atoms with Crippen LogP contribution in [0.2, 0.25) is 0 Å². The average molecular weight is 370 g/mol. The minimum Gasteiger partial charge on any atom is -0.485 e. The second kappa shape index (κ2) is 6.87. The summed E-state index contributed by atoms with van der Waals surface area (Å²) < 4.78 is 13.5. The number of nitrogens with zero attached hydrogens (tertiary/aromatic N) is 4. The SMILES string of the molecule is CC(C)(C)c1cn(C2CCN(C(=O)C3COc4ccccc4O3)CC2)nn1. The molecule has 1 aromatic heterocycles. The second-order valence-corrected chi connectivity index (χ2v) is 8.25. The quantitative estimate of drug-likeness (QED) is 0.813. The zero-order chi connectivity index (χ0) is 19.0. The summed E-state index contributed by atoms with van der Waals surface area (Å²) in [6.45, 7) is 8.03. The van der Waals surface area contributed by atoms with Crippen LogP contribution in [-0.4, -0.2) is 51.6 Å². The first-order valence-corrected chi connectivity index (χ1v) is 9.51. The second-order valence-electron chi connectivity index (χ2n) is 8.25. The Balaban J connectivity index is 1.35. The van der Waals surface area contributed by atoms with Gasteiger partial charge in [0.15, 0.2) is 11.5 Å². The van der Waals surface area contributed by atoms with E-state index in [-0.39, 0.29) is 24.0 Å².